The SMILES string of the molecule is COc1cc(CCC(=O)NNC(=O)C(C)Nc2nc3ccccc3s2)cc(OC)c1. The Kier molecular flexibility index (Phi) is 7.08. The van der Waals surface area contributed by atoms with Gasteiger partial charge in [0.05, 0.1) is 24.4 Å². The van der Waals surface area contributed by atoms with Crippen molar-refractivity contribution in [2.75, 3.05) is 19.5 Å². The minimum absolute atomic E-state index is 0.205. The van der Waals surface area contributed by atoms with E-state index < -0.39 is 6.04 Å². The summed E-state index contributed by atoms with van der Waals surface area (Å²) in [7, 11) is 3.15. The van der Waals surface area contributed by atoms with E-state index in [0.717, 1.165) is 15.8 Å². The van der Waals surface area contributed by atoms with Gasteiger partial charge in [0.2, 0.25) is 5.91 Å². The lowest BCUT2D eigenvalue weighted by molar-refractivity contribution is -0.129. The average Bonchev–Trinajstić information content (AvgIpc) is 3.17. The summed E-state index contributed by atoms with van der Waals surface area (Å²) >= 11 is 1.47. The molecule has 2 amide bonds. The van der Waals surface area contributed by atoms with Crippen molar-refractivity contribution in [3.05, 3.63) is 48.0 Å². The predicted octanol–water partition coefficient (Wildman–Crippen LogP) is 2.89. The number of nitrogens with one attached hydrogen (secondary N) is 3. The van der Waals surface area contributed by atoms with Gasteiger partial charge in [-0.3, -0.25) is 20.4 Å². The summed E-state index contributed by atoms with van der Waals surface area (Å²) < 4.78 is 11.5. The number of anilines is 1. The van der Waals surface area contributed by atoms with Crippen LogP contribution < -0.4 is 25.6 Å². The Morgan fingerprint density at radius 1 is 1.07 bits per heavy atom. The summed E-state index contributed by atoms with van der Waals surface area (Å²) in [5.41, 5.74) is 6.67. The smallest absolute Gasteiger partial charge is 0.260 e. The van der Waals surface area contributed by atoms with E-state index in [2.05, 4.69) is 21.2 Å². The van der Waals surface area contributed by atoms with Crippen LogP contribution in [0.2, 0.25) is 0 Å². The second-order valence-corrected chi connectivity index (χ2v) is 7.64. The molecular weight excluding hydrogens is 404 g/mol. The van der Waals surface area contributed by atoms with Crippen molar-refractivity contribution in [1.82, 2.24) is 15.8 Å². The van der Waals surface area contributed by atoms with E-state index in [0.29, 0.717) is 23.1 Å². The normalized spacial score (nSPS) is 11.6. The molecule has 0 aliphatic rings. The van der Waals surface area contributed by atoms with Gasteiger partial charge in [0.1, 0.15) is 17.5 Å². The van der Waals surface area contributed by atoms with Crippen molar-refractivity contribution in [3.8, 4) is 11.5 Å². The molecule has 2 aromatic carbocycles. The highest BCUT2D eigenvalue weighted by Crippen LogP contribution is 2.26. The number of benzene rings is 2. The zero-order valence-corrected chi connectivity index (χ0v) is 17.8. The van der Waals surface area contributed by atoms with Crippen molar-refractivity contribution < 1.29 is 19.1 Å². The first-order chi connectivity index (χ1) is 14.5. The van der Waals surface area contributed by atoms with E-state index in [1.807, 2.05) is 36.4 Å². The van der Waals surface area contributed by atoms with Gasteiger partial charge in [-0.1, -0.05) is 23.5 Å². The first-order valence-corrected chi connectivity index (χ1v) is 10.2. The second kappa shape index (κ2) is 9.93. The van der Waals surface area contributed by atoms with Gasteiger partial charge in [0, 0.05) is 12.5 Å². The van der Waals surface area contributed by atoms with Crippen molar-refractivity contribution in [3.63, 3.8) is 0 Å². The Morgan fingerprint density at radius 2 is 1.77 bits per heavy atom. The number of thiazole rings is 1. The molecule has 3 aromatic rings. The molecule has 30 heavy (non-hydrogen) atoms. The van der Waals surface area contributed by atoms with Gasteiger partial charge in [-0.25, -0.2) is 4.98 Å². The fraction of sp³-hybridized carbons (Fsp3) is 0.286. The van der Waals surface area contributed by atoms with E-state index >= 15 is 0 Å². The molecule has 1 unspecified atom stereocenters. The molecule has 158 valence electrons. The lowest BCUT2D eigenvalue weighted by atomic mass is 10.1. The first kappa shape index (κ1) is 21.4. The second-order valence-electron chi connectivity index (χ2n) is 6.61. The van der Waals surface area contributed by atoms with Crippen LogP contribution in [0.3, 0.4) is 0 Å². The number of hydrogen-bond donors (Lipinski definition) is 3. The number of methoxy groups -OCH3 is 2. The van der Waals surface area contributed by atoms with E-state index in [-0.39, 0.29) is 18.2 Å². The van der Waals surface area contributed by atoms with Crippen LogP contribution in [0.15, 0.2) is 42.5 Å². The van der Waals surface area contributed by atoms with E-state index in [9.17, 15) is 9.59 Å². The number of carbonyl (C=O) groups is 2. The highest BCUT2D eigenvalue weighted by molar-refractivity contribution is 7.22. The molecule has 3 rings (SSSR count). The topological polar surface area (TPSA) is 102 Å². The number of rotatable bonds is 8. The number of nitrogens with zero attached hydrogens (tertiary/aromatic N) is 1. The lowest BCUT2D eigenvalue weighted by Crippen LogP contribution is -2.47. The van der Waals surface area contributed by atoms with Crippen LogP contribution in [0.1, 0.15) is 18.9 Å². The maximum absolute atomic E-state index is 12.3. The minimum atomic E-state index is -0.562. The Bertz CT molecular complexity index is 982. The first-order valence-electron chi connectivity index (χ1n) is 9.41. The number of hydrazine groups is 1. The van der Waals surface area contributed by atoms with Crippen LogP contribution in [0.4, 0.5) is 5.13 Å². The fourth-order valence-electron chi connectivity index (χ4n) is 2.76. The number of fused-ring (bicyclic) bond motifs is 1. The Morgan fingerprint density at radius 3 is 2.43 bits per heavy atom. The van der Waals surface area contributed by atoms with Crippen LogP contribution in [0.25, 0.3) is 10.2 Å². The molecule has 1 heterocycles. The van der Waals surface area contributed by atoms with Crippen LogP contribution in [0, 0.1) is 0 Å². The summed E-state index contributed by atoms with van der Waals surface area (Å²) in [4.78, 5) is 28.8. The number of aromatic nitrogens is 1. The van der Waals surface area contributed by atoms with Gasteiger partial charge in [-0.15, -0.1) is 0 Å². The molecule has 1 atom stereocenters. The predicted molar refractivity (Wildman–Crippen MR) is 117 cm³/mol. The van der Waals surface area contributed by atoms with E-state index in [1.54, 1.807) is 27.2 Å². The summed E-state index contributed by atoms with van der Waals surface area (Å²) in [5, 5.41) is 3.70. The lowest BCUT2D eigenvalue weighted by Gasteiger charge is -2.14. The number of carbonyl (C=O) groups excluding carboxylic acids is 2. The standard InChI is InChI=1S/C21H24N4O4S/c1-13(22-21-23-17-6-4-5-7-18(17)30-21)20(27)25-24-19(26)9-8-14-10-15(28-2)12-16(11-14)29-3/h4-7,10-13H,8-9H2,1-3H3,(H,22,23)(H,24,26)(H,25,27). The van der Waals surface area contributed by atoms with Gasteiger partial charge in [-0.2, -0.15) is 0 Å². The van der Waals surface area contributed by atoms with Gasteiger partial charge < -0.3 is 14.8 Å². The third kappa shape index (κ3) is 5.60. The zero-order valence-electron chi connectivity index (χ0n) is 17.0. The molecule has 8 nitrogen and oxygen atoms in total. The third-order valence-electron chi connectivity index (χ3n) is 4.40. The maximum Gasteiger partial charge on any atom is 0.260 e. The molecule has 9 heteroatoms. The van der Waals surface area contributed by atoms with Crippen molar-refractivity contribution in [2.45, 2.75) is 25.8 Å². The maximum atomic E-state index is 12.3. The number of amides is 2. The van der Waals surface area contributed by atoms with Gasteiger partial charge in [0.15, 0.2) is 5.13 Å². The zero-order chi connectivity index (χ0) is 21.5. The van der Waals surface area contributed by atoms with Crippen molar-refractivity contribution in [2.24, 2.45) is 0 Å². The molecule has 0 aliphatic carbocycles. The molecular formula is C21H24N4O4S. The summed E-state index contributed by atoms with van der Waals surface area (Å²) in [6, 6.07) is 12.6. The molecule has 0 aliphatic heterocycles. The fourth-order valence-corrected chi connectivity index (χ4v) is 3.71. The molecule has 1 aromatic heterocycles. The third-order valence-corrected chi connectivity index (χ3v) is 5.37. The molecule has 0 fully saturated rings. The molecule has 0 radical (unpaired) electrons. The van der Waals surface area contributed by atoms with Crippen LogP contribution in [-0.2, 0) is 16.0 Å². The van der Waals surface area contributed by atoms with Crippen LogP contribution >= 0.6 is 11.3 Å². The van der Waals surface area contributed by atoms with Crippen molar-refractivity contribution in [1.29, 1.82) is 0 Å². The Hall–Kier alpha value is -3.33. The molecule has 0 spiro atoms. The van der Waals surface area contributed by atoms with Crippen LogP contribution in [0.5, 0.6) is 11.5 Å². The Labute approximate surface area is 178 Å². The van der Waals surface area contributed by atoms with E-state index in [1.165, 1.54) is 11.3 Å². The summed E-state index contributed by atoms with van der Waals surface area (Å²) in [6.45, 7) is 1.70. The summed E-state index contributed by atoms with van der Waals surface area (Å²) in [5.74, 6) is 0.670. The van der Waals surface area contributed by atoms with Crippen LogP contribution in [-0.4, -0.2) is 37.1 Å². The highest BCUT2D eigenvalue weighted by Gasteiger charge is 2.15. The van der Waals surface area contributed by atoms with Crippen molar-refractivity contribution >= 4 is 38.5 Å². The van der Waals surface area contributed by atoms with E-state index in [4.69, 9.17) is 9.47 Å². The largest absolute Gasteiger partial charge is 0.497 e. The number of aryl methyl sites for hydroxylation is 1. The molecule has 0 saturated carbocycles. The van der Waals surface area contributed by atoms with Gasteiger partial charge in [0.25, 0.3) is 5.91 Å². The minimum Gasteiger partial charge on any atom is -0.497 e. The number of ether oxygens (including phenoxy) is 2. The summed E-state index contributed by atoms with van der Waals surface area (Å²) in [6.07, 6.45) is 0.686. The molecule has 0 saturated heterocycles. The quantitative estimate of drug-likeness (QED) is 0.477. The Balaban J connectivity index is 1.46. The van der Waals surface area contributed by atoms with Gasteiger partial charge in [-0.05, 0) is 43.2 Å². The van der Waals surface area contributed by atoms with Gasteiger partial charge >= 0.3 is 0 Å². The molecule has 3 N–H and O–H groups in total. The average molecular weight is 429 g/mol. The highest BCUT2D eigenvalue weighted by atomic mass is 32.1. The number of para-hydroxylation sites is 1. The molecule has 0 bridgehead atoms. The monoisotopic (exact) mass is 428 g/mol. The number of hydrogen-bond acceptors (Lipinski definition) is 7.